The number of ether oxygens (including phenoxy) is 3. The molecule has 55 heavy (non-hydrogen) atoms. The standard InChI is InChI=1S/C43H50N4O7S/c1-25-20-27(24-44-41(51)54-42(3,4)5)21-26(2)35(25)46-38(48)31-22-32-34(53-18-14-28-15-19-55-37(28)32)23-30(31)29-12-13-33(45-36(29)40(50)52-7)39(49)47-43(6)16-10-8-9-11-17-43/h12-13,15,19-23H,8-11,14,16-18,24H2,1-7H3,(H,44,51)(H,46,48)(H,47,49). The molecule has 0 atom stereocenters. The van der Waals surface area contributed by atoms with Gasteiger partial charge in [0.1, 0.15) is 17.0 Å². The first-order chi connectivity index (χ1) is 26.1. The van der Waals surface area contributed by atoms with E-state index in [1.54, 1.807) is 56.4 Å². The van der Waals surface area contributed by atoms with Crippen LogP contribution in [0.1, 0.15) is 120 Å². The predicted molar refractivity (Wildman–Crippen MR) is 214 cm³/mol. The molecule has 3 heterocycles. The molecule has 2 aromatic carbocycles. The van der Waals surface area contributed by atoms with E-state index in [0.29, 0.717) is 35.6 Å². The normalized spacial score (nSPS) is 14.9. The number of methoxy groups -OCH3 is 1. The number of carbonyl (C=O) groups excluding carboxylic acids is 4. The summed E-state index contributed by atoms with van der Waals surface area (Å²) in [6, 6.07) is 12.7. The highest BCUT2D eigenvalue weighted by molar-refractivity contribution is 7.13. The fourth-order valence-electron chi connectivity index (χ4n) is 7.38. The number of carbonyl (C=O) groups is 4. The van der Waals surface area contributed by atoms with E-state index in [-0.39, 0.29) is 34.9 Å². The molecule has 0 unspecified atom stereocenters. The molecular weight excluding hydrogens is 717 g/mol. The molecule has 0 radical (unpaired) electrons. The number of thiophene rings is 1. The molecule has 6 rings (SSSR count). The summed E-state index contributed by atoms with van der Waals surface area (Å²) in [5.74, 6) is -0.952. The van der Waals surface area contributed by atoms with Gasteiger partial charge in [0.15, 0.2) is 5.69 Å². The highest BCUT2D eigenvalue weighted by atomic mass is 32.1. The van der Waals surface area contributed by atoms with E-state index in [1.165, 1.54) is 7.11 Å². The third-order valence-corrected chi connectivity index (χ3v) is 11.1. The number of hydrogen-bond donors (Lipinski definition) is 3. The van der Waals surface area contributed by atoms with Crippen LogP contribution >= 0.6 is 11.3 Å². The number of aryl methyl sites for hydroxylation is 2. The predicted octanol–water partition coefficient (Wildman–Crippen LogP) is 8.94. The summed E-state index contributed by atoms with van der Waals surface area (Å²) >= 11 is 1.57. The van der Waals surface area contributed by atoms with E-state index < -0.39 is 23.6 Å². The van der Waals surface area contributed by atoms with Crippen molar-refractivity contribution in [2.45, 2.75) is 104 Å². The molecule has 1 aliphatic heterocycles. The minimum absolute atomic E-state index is 0.0855. The van der Waals surface area contributed by atoms with Crippen molar-refractivity contribution in [2.75, 3.05) is 19.0 Å². The Balaban J connectivity index is 1.38. The van der Waals surface area contributed by atoms with Gasteiger partial charge in [-0.2, -0.15) is 0 Å². The van der Waals surface area contributed by atoms with Crippen LogP contribution < -0.4 is 20.7 Å². The summed E-state index contributed by atoms with van der Waals surface area (Å²) in [7, 11) is 1.26. The number of fused-ring (bicyclic) bond motifs is 3. The van der Waals surface area contributed by atoms with Crippen molar-refractivity contribution >= 4 is 40.9 Å². The maximum atomic E-state index is 14.6. The van der Waals surface area contributed by atoms with E-state index in [4.69, 9.17) is 14.2 Å². The lowest BCUT2D eigenvalue weighted by Crippen LogP contribution is -2.45. The van der Waals surface area contributed by atoms with Crippen LogP contribution in [0.15, 0.2) is 47.8 Å². The van der Waals surface area contributed by atoms with E-state index in [1.807, 2.05) is 31.4 Å². The highest BCUT2D eigenvalue weighted by Gasteiger charge is 2.31. The van der Waals surface area contributed by atoms with Crippen LogP contribution in [0.4, 0.5) is 10.5 Å². The van der Waals surface area contributed by atoms with Crippen molar-refractivity contribution in [1.29, 1.82) is 0 Å². The zero-order valence-electron chi connectivity index (χ0n) is 32.7. The third kappa shape index (κ3) is 9.19. The zero-order chi connectivity index (χ0) is 39.5. The van der Waals surface area contributed by atoms with Crippen LogP contribution in [0.5, 0.6) is 5.75 Å². The lowest BCUT2D eigenvalue weighted by atomic mass is 9.92. The first kappa shape index (κ1) is 39.5. The van der Waals surface area contributed by atoms with Crippen LogP contribution in [0, 0.1) is 13.8 Å². The van der Waals surface area contributed by atoms with Gasteiger partial charge >= 0.3 is 12.1 Å². The van der Waals surface area contributed by atoms with Gasteiger partial charge in [-0.05, 0) is 112 Å². The third-order valence-electron chi connectivity index (χ3n) is 10.1. The second-order valence-electron chi connectivity index (χ2n) is 15.7. The molecule has 1 fully saturated rings. The Morgan fingerprint density at radius 3 is 2.29 bits per heavy atom. The molecule has 290 valence electrons. The van der Waals surface area contributed by atoms with E-state index in [9.17, 15) is 19.2 Å². The van der Waals surface area contributed by atoms with Crippen LogP contribution in [0.2, 0.25) is 0 Å². The molecule has 0 spiro atoms. The van der Waals surface area contributed by atoms with Crippen molar-refractivity contribution in [3.63, 3.8) is 0 Å². The monoisotopic (exact) mass is 766 g/mol. The number of amides is 3. The summed E-state index contributed by atoms with van der Waals surface area (Å²) in [5.41, 5.74) is 4.97. The van der Waals surface area contributed by atoms with Crippen molar-refractivity contribution in [3.8, 4) is 27.3 Å². The second-order valence-corrected chi connectivity index (χ2v) is 16.6. The average Bonchev–Trinajstić information content (AvgIpc) is 3.40. The maximum absolute atomic E-state index is 14.6. The van der Waals surface area contributed by atoms with Crippen molar-refractivity contribution in [3.05, 3.63) is 87.0 Å². The zero-order valence-corrected chi connectivity index (χ0v) is 33.5. The number of esters is 1. The molecular formula is C43H50N4O7S. The molecule has 4 aromatic rings. The van der Waals surface area contributed by atoms with Gasteiger partial charge in [-0.25, -0.2) is 14.6 Å². The number of nitrogens with zero attached hydrogens (tertiary/aromatic N) is 1. The minimum atomic E-state index is -0.740. The van der Waals surface area contributed by atoms with Gasteiger partial charge in [-0.1, -0.05) is 37.8 Å². The molecule has 0 bridgehead atoms. The van der Waals surface area contributed by atoms with Gasteiger partial charge in [0.2, 0.25) is 0 Å². The fourth-order valence-corrected chi connectivity index (χ4v) is 8.35. The number of anilines is 1. The Bertz CT molecular complexity index is 2100. The summed E-state index contributed by atoms with van der Waals surface area (Å²) < 4.78 is 16.8. The van der Waals surface area contributed by atoms with Crippen LogP contribution in [0.3, 0.4) is 0 Å². The smallest absolute Gasteiger partial charge is 0.407 e. The van der Waals surface area contributed by atoms with Crippen molar-refractivity contribution in [2.24, 2.45) is 0 Å². The van der Waals surface area contributed by atoms with Gasteiger partial charge in [0.25, 0.3) is 11.8 Å². The van der Waals surface area contributed by atoms with Crippen molar-refractivity contribution < 1.29 is 33.4 Å². The Kier molecular flexibility index (Phi) is 11.7. The molecule has 12 heteroatoms. The summed E-state index contributed by atoms with van der Waals surface area (Å²) in [4.78, 5) is 59.5. The Morgan fingerprint density at radius 2 is 1.62 bits per heavy atom. The molecule has 0 saturated heterocycles. The van der Waals surface area contributed by atoms with Crippen LogP contribution in [-0.2, 0) is 22.4 Å². The highest BCUT2D eigenvalue weighted by Crippen LogP contribution is 2.43. The Hall–Kier alpha value is -5.23. The molecule has 2 aliphatic rings. The molecule has 1 saturated carbocycles. The average molecular weight is 767 g/mol. The van der Waals surface area contributed by atoms with Gasteiger partial charge in [-0.3, -0.25) is 9.59 Å². The molecule has 2 aromatic heterocycles. The minimum Gasteiger partial charge on any atom is -0.493 e. The number of pyridine rings is 1. The maximum Gasteiger partial charge on any atom is 0.407 e. The summed E-state index contributed by atoms with van der Waals surface area (Å²) in [6.07, 6.45) is 6.25. The quantitative estimate of drug-likeness (QED) is 0.119. The van der Waals surface area contributed by atoms with E-state index in [0.717, 1.165) is 71.2 Å². The number of benzene rings is 2. The van der Waals surface area contributed by atoms with Crippen LogP contribution in [0.25, 0.3) is 21.6 Å². The molecule has 3 amide bonds. The first-order valence-electron chi connectivity index (χ1n) is 18.8. The van der Waals surface area contributed by atoms with Gasteiger partial charge < -0.3 is 30.2 Å². The number of alkyl carbamates (subject to hydrolysis) is 1. The van der Waals surface area contributed by atoms with Crippen LogP contribution in [-0.4, -0.2) is 53.7 Å². The van der Waals surface area contributed by atoms with E-state index >= 15 is 0 Å². The van der Waals surface area contributed by atoms with Gasteiger partial charge in [0.05, 0.1) is 13.7 Å². The SMILES string of the molecule is COC(=O)c1nc(C(=O)NC2(C)CCCCCC2)ccc1-c1cc2c(cc1C(=O)Nc1c(C)cc(CNC(=O)OC(C)(C)C)cc1C)-c1sccc1CCO2. The Morgan fingerprint density at radius 1 is 0.909 bits per heavy atom. The number of hydrogen-bond acceptors (Lipinski definition) is 9. The summed E-state index contributed by atoms with van der Waals surface area (Å²) in [6.45, 7) is 11.9. The Labute approximate surface area is 326 Å². The molecule has 11 nitrogen and oxygen atoms in total. The number of aromatic nitrogens is 1. The largest absolute Gasteiger partial charge is 0.493 e. The van der Waals surface area contributed by atoms with Gasteiger partial charge in [0, 0.05) is 51.3 Å². The van der Waals surface area contributed by atoms with Crippen molar-refractivity contribution in [1.82, 2.24) is 15.6 Å². The topological polar surface area (TPSA) is 145 Å². The molecule has 1 aliphatic carbocycles. The lowest BCUT2D eigenvalue weighted by molar-refractivity contribution is 0.0521. The van der Waals surface area contributed by atoms with E-state index in [2.05, 4.69) is 33.9 Å². The second kappa shape index (κ2) is 16.2. The lowest BCUT2D eigenvalue weighted by Gasteiger charge is -2.29. The number of rotatable bonds is 8. The molecule has 3 N–H and O–H groups in total. The number of nitrogens with one attached hydrogen (secondary N) is 3. The first-order valence-corrected chi connectivity index (χ1v) is 19.7. The van der Waals surface area contributed by atoms with Gasteiger partial charge in [-0.15, -0.1) is 11.3 Å². The summed E-state index contributed by atoms with van der Waals surface area (Å²) in [5, 5.41) is 11.1. The fraction of sp³-hybridized carbons (Fsp3) is 0.419.